The summed E-state index contributed by atoms with van der Waals surface area (Å²) in [6, 6.07) is 0. The standard InChI is InChI=1S/C45H80NO9P/c1-6-8-10-12-14-16-18-20-22-24-26-28-30-32-36-45(49)55-43(41-54-56(50,51)53-39-38-46(3,4)5)40-52-44(48)37-33-35-42(47)34-31-29-27-25-23-21-19-17-15-13-11-9-7-2/h9,11,15,17,21,23,27,29,31,34,42-43,47H,6-8,10,12-14,16,18-20,22,24-26,28,30,32-33,35-41H2,1-5H3/p+1/b11-9-,17-15-,23-21-,29-27-,34-31+/t42?,43-/m1/s1. The van der Waals surface area contributed by atoms with E-state index < -0.39 is 38.6 Å². The van der Waals surface area contributed by atoms with Gasteiger partial charge < -0.3 is 24.0 Å². The van der Waals surface area contributed by atoms with Gasteiger partial charge in [0.25, 0.3) is 0 Å². The van der Waals surface area contributed by atoms with Gasteiger partial charge in [-0.1, -0.05) is 158 Å². The Morgan fingerprint density at radius 2 is 1.16 bits per heavy atom. The number of phosphoric acid groups is 1. The van der Waals surface area contributed by atoms with Crippen molar-refractivity contribution in [1.82, 2.24) is 0 Å². The van der Waals surface area contributed by atoms with E-state index in [1.54, 1.807) is 12.2 Å². The molecule has 2 unspecified atom stereocenters. The topological polar surface area (TPSA) is 129 Å². The van der Waals surface area contributed by atoms with E-state index >= 15 is 0 Å². The number of rotatable bonds is 38. The van der Waals surface area contributed by atoms with Gasteiger partial charge in [-0.25, -0.2) is 4.57 Å². The van der Waals surface area contributed by atoms with E-state index in [2.05, 4.69) is 50.3 Å². The van der Waals surface area contributed by atoms with Crippen LogP contribution in [-0.4, -0.2) is 86.1 Å². The van der Waals surface area contributed by atoms with Gasteiger partial charge in [0, 0.05) is 12.8 Å². The molecule has 0 saturated heterocycles. The van der Waals surface area contributed by atoms with E-state index in [4.69, 9.17) is 18.5 Å². The fourth-order valence-electron chi connectivity index (χ4n) is 5.51. The average Bonchev–Trinajstić information content (AvgIpc) is 3.14. The van der Waals surface area contributed by atoms with Crippen LogP contribution in [-0.2, 0) is 32.7 Å². The number of allylic oxidation sites excluding steroid dienone is 9. The van der Waals surface area contributed by atoms with Crippen LogP contribution in [0.1, 0.15) is 155 Å². The molecule has 0 aliphatic carbocycles. The maximum Gasteiger partial charge on any atom is 0.472 e. The minimum Gasteiger partial charge on any atom is -0.462 e. The summed E-state index contributed by atoms with van der Waals surface area (Å²) in [6.45, 7) is 4.07. The zero-order chi connectivity index (χ0) is 41.6. The molecule has 0 heterocycles. The van der Waals surface area contributed by atoms with Crippen molar-refractivity contribution in [3.8, 4) is 0 Å². The molecule has 0 aromatic carbocycles. The second kappa shape index (κ2) is 37.0. The van der Waals surface area contributed by atoms with Crippen LogP contribution < -0.4 is 0 Å². The number of hydrogen-bond acceptors (Lipinski definition) is 8. The van der Waals surface area contributed by atoms with Crippen molar-refractivity contribution < 1.29 is 47.2 Å². The van der Waals surface area contributed by atoms with Crippen molar-refractivity contribution >= 4 is 19.8 Å². The number of esters is 2. The molecular weight excluding hydrogens is 729 g/mol. The number of nitrogens with zero attached hydrogens (tertiary/aromatic N) is 1. The van der Waals surface area contributed by atoms with Gasteiger partial charge in [-0.3, -0.25) is 18.6 Å². The molecule has 0 aromatic heterocycles. The molecular formula is C45H81NO9P+. The maximum absolute atomic E-state index is 12.7. The largest absolute Gasteiger partial charge is 0.472 e. The van der Waals surface area contributed by atoms with Gasteiger partial charge in [-0.05, 0) is 44.9 Å². The second-order valence-corrected chi connectivity index (χ2v) is 17.0. The lowest BCUT2D eigenvalue weighted by Crippen LogP contribution is -2.37. The van der Waals surface area contributed by atoms with Crippen molar-refractivity contribution in [3.63, 3.8) is 0 Å². The number of carbonyl (C=O) groups is 2. The zero-order valence-corrected chi connectivity index (χ0v) is 36.9. The minimum absolute atomic E-state index is 0.000323. The van der Waals surface area contributed by atoms with Gasteiger partial charge in [-0.2, -0.15) is 0 Å². The molecule has 0 amide bonds. The lowest BCUT2D eigenvalue weighted by Gasteiger charge is -2.24. The molecule has 0 aliphatic rings. The third-order valence-electron chi connectivity index (χ3n) is 8.92. The molecule has 0 saturated carbocycles. The summed E-state index contributed by atoms with van der Waals surface area (Å²) in [5, 5.41) is 10.3. The average molecular weight is 811 g/mol. The van der Waals surface area contributed by atoms with Crippen molar-refractivity contribution in [2.45, 2.75) is 167 Å². The minimum atomic E-state index is -4.42. The van der Waals surface area contributed by atoms with Crippen LogP contribution in [0.4, 0.5) is 0 Å². The quantitative estimate of drug-likeness (QED) is 0.0156. The first kappa shape index (κ1) is 53.7. The maximum atomic E-state index is 12.7. The number of unbranched alkanes of at least 4 members (excludes halogenated alkanes) is 13. The predicted molar refractivity (Wildman–Crippen MR) is 230 cm³/mol. The van der Waals surface area contributed by atoms with Crippen LogP contribution in [0, 0.1) is 0 Å². The highest BCUT2D eigenvalue weighted by Crippen LogP contribution is 2.43. The Morgan fingerprint density at radius 3 is 1.71 bits per heavy atom. The van der Waals surface area contributed by atoms with Gasteiger partial charge >= 0.3 is 19.8 Å². The summed E-state index contributed by atoms with van der Waals surface area (Å²) in [4.78, 5) is 35.3. The van der Waals surface area contributed by atoms with E-state index in [0.717, 1.165) is 44.9 Å². The summed E-state index contributed by atoms with van der Waals surface area (Å²) in [6.07, 6.45) is 40.1. The van der Waals surface area contributed by atoms with Crippen molar-refractivity contribution in [1.29, 1.82) is 0 Å². The summed E-state index contributed by atoms with van der Waals surface area (Å²) in [7, 11) is 1.37. The molecule has 0 spiro atoms. The van der Waals surface area contributed by atoms with E-state index in [1.165, 1.54) is 64.2 Å². The highest BCUT2D eigenvalue weighted by Gasteiger charge is 2.27. The van der Waals surface area contributed by atoms with Crippen LogP contribution in [0.15, 0.2) is 60.8 Å². The second-order valence-electron chi connectivity index (χ2n) is 15.6. The Kier molecular flexibility index (Phi) is 35.4. The number of phosphoric ester groups is 1. The molecule has 56 heavy (non-hydrogen) atoms. The lowest BCUT2D eigenvalue weighted by atomic mass is 10.0. The molecule has 0 aromatic rings. The number of hydrogen-bond donors (Lipinski definition) is 2. The molecule has 2 N–H and O–H groups in total. The smallest absolute Gasteiger partial charge is 0.462 e. The van der Waals surface area contributed by atoms with Crippen LogP contribution >= 0.6 is 7.82 Å². The van der Waals surface area contributed by atoms with Crippen molar-refractivity contribution in [2.24, 2.45) is 0 Å². The Balaban J connectivity index is 4.57. The Bertz CT molecular complexity index is 1160. The first-order valence-corrected chi connectivity index (χ1v) is 23.1. The van der Waals surface area contributed by atoms with Crippen LogP contribution in [0.3, 0.4) is 0 Å². The Hall–Kier alpha value is -2.33. The van der Waals surface area contributed by atoms with E-state index in [-0.39, 0.29) is 26.1 Å². The SMILES string of the molecule is CC/C=C\C/C=C\C/C=C\C/C=C\C=C\C(O)CCCC(=O)OC[C@H](COP(=O)(O)OCC[N+](C)(C)C)OC(=O)CCCCCCCCCCCCCCCC. The molecule has 0 rings (SSSR count). The molecule has 324 valence electrons. The summed E-state index contributed by atoms with van der Waals surface area (Å²) >= 11 is 0. The highest BCUT2D eigenvalue weighted by molar-refractivity contribution is 7.47. The van der Waals surface area contributed by atoms with Crippen LogP contribution in [0.5, 0.6) is 0 Å². The highest BCUT2D eigenvalue weighted by atomic mass is 31.2. The van der Waals surface area contributed by atoms with Crippen molar-refractivity contribution in [2.75, 3.05) is 47.5 Å². The number of carbonyl (C=O) groups excluding carboxylic acids is 2. The molecule has 11 heteroatoms. The van der Waals surface area contributed by atoms with Gasteiger partial charge in [0.2, 0.25) is 0 Å². The van der Waals surface area contributed by atoms with Crippen LogP contribution in [0.25, 0.3) is 0 Å². The number of quaternary nitrogens is 1. The fourth-order valence-corrected chi connectivity index (χ4v) is 6.25. The number of ether oxygens (including phenoxy) is 2. The summed E-state index contributed by atoms with van der Waals surface area (Å²) in [5.41, 5.74) is 0. The van der Waals surface area contributed by atoms with E-state index in [1.807, 2.05) is 33.3 Å². The molecule has 0 fully saturated rings. The van der Waals surface area contributed by atoms with Gasteiger partial charge in [0.05, 0.1) is 33.9 Å². The molecule has 0 radical (unpaired) electrons. The van der Waals surface area contributed by atoms with Gasteiger partial charge in [0.15, 0.2) is 6.10 Å². The summed E-state index contributed by atoms with van der Waals surface area (Å²) < 4.78 is 34.1. The number of aliphatic hydroxyl groups is 1. The first-order valence-electron chi connectivity index (χ1n) is 21.6. The predicted octanol–water partition coefficient (Wildman–Crippen LogP) is 11.0. The molecule has 3 atom stereocenters. The van der Waals surface area contributed by atoms with Gasteiger partial charge in [-0.15, -0.1) is 0 Å². The van der Waals surface area contributed by atoms with Crippen LogP contribution in [0.2, 0.25) is 0 Å². The normalized spacial score (nSPS) is 14.8. The fraction of sp³-hybridized carbons (Fsp3) is 0.733. The number of aliphatic hydroxyl groups excluding tert-OH is 1. The van der Waals surface area contributed by atoms with E-state index in [0.29, 0.717) is 30.3 Å². The molecule has 0 bridgehead atoms. The lowest BCUT2D eigenvalue weighted by molar-refractivity contribution is -0.870. The molecule has 0 aliphatic heterocycles. The molecule has 10 nitrogen and oxygen atoms in total. The van der Waals surface area contributed by atoms with Gasteiger partial charge in [0.1, 0.15) is 19.8 Å². The van der Waals surface area contributed by atoms with Crippen molar-refractivity contribution in [3.05, 3.63) is 60.8 Å². The third-order valence-corrected chi connectivity index (χ3v) is 9.90. The third kappa shape index (κ3) is 39.9. The zero-order valence-electron chi connectivity index (χ0n) is 36.0. The summed E-state index contributed by atoms with van der Waals surface area (Å²) in [5.74, 6) is -1.00. The monoisotopic (exact) mass is 811 g/mol. The Labute approximate surface area is 341 Å². The van der Waals surface area contributed by atoms with E-state index in [9.17, 15) is 24.2 Å². The number of likely N-dealkylation sites (N-methyl/N-ethyl adjacent to an activating group) is 1. The Morgan fingerprint density at radius 1 is 0.643 bits per heavy atom. The first-order chi connectivity index (χ1) is 26.9.